The predicted octanol–water partition coefficient (Wildman–Crippen LogP) is 2.69. The summed E-state index contributed by atoms with van der Waals surface area (Å²) < 4.78 is 32.4. The molecule has 0 bridgehead atoms. The van der Waals surface area contributed by atoms with Crippen molar-refractivity contribution in [1.82, 2.24) is 25.0 Å². The van der Waals surface area contributed by atoms with E-state index in [9.17, 15) is 13.2 Å². The quantitative estimate of drug-likeness (QED) is 0.359. The third-order valence-electron chi connectivity index (χ3n) is 6.53. The summed E-state index contributed by atoms with van der Waals surface area (Å²) in [5, 5.41) is 9.27. The highest BCUT2D eigenvalue weighted by atomic mass is 32.2. The Kier molecular flexibility index (Phi) is 8.60. The Balaban J connectivity index is 1.53. The minimum absolute atomic E-state index is 0.0237. The summed E-state index contributed by atoms with van der Waals surface area (Å²) in [6.45, 7) is 9.37. The number of nitrogens with zero attached hydrogens (tertiary/aromatic N) is 5. The molecular weight excluding hydrogens is 520 g/mol. The fourth-order valence-corrected chi connectivity index (χ4v) is 5.53. The number of rotatable bonds is 9. The lowest BCUT2D eigenvalue weighted by molar-refractivity contribution is 0.239. The number of amides is 1. The van der Waals surface area contributed by atoms with Gasteiger partial charge in [-0.15, -0.1) is 9.78 Å². The van der Waals surface area contributed by atoms with Crippen molar-refractivity contribution >= 4 is 39.1 Å². The maximum absolute atomic E-state index is 13.1. The first kappa shape index (κ1) is 28.2. The average molecular weight is 557 g/mol. The second-order valence-electron chi connectivity index (χ2n) is 9.59. The first-order valence-electron chi connectivity index (χ1n) is 12.9. The van der Waals surface area contributed by atoms with Crippen LogP contribution in [0.5, 0.6) is 5.75 Å². The number of carbonyl (C=O) groups excluding carboxylic acids is 1. The minimum atomic E-state index is -3.53. The summed E-state index contributed by atoms with van der Waals surface area (Å²) in [6, 6.07) is 11.8. The fraction of sp³-hybridized carbons (Fsp3) is 0.423. The van der Waals surface area contributed by atoms with Gasteiger partial charge in [0.05, 0.1) is 22.4 Å². The molecule has 39 heavy (non-hydrogen) atoms. The van der Waals surface area contributed by atoms with Crippen LogP contribution in [0.4, 0.5) is 28.1 Å². The SMILES string of the molecule is CCOc1cc(N2CCN(C)CC2)ccc1Nc1nc(N)nn1C(=O)NCc1ccccc1S(=O)(=O)C(C)C. The van der Waals surface area contributed by atoms with Gasteiger partial charge in [-0.25, -0.2) is 13.2 Å². The van der Waals surface area contributed by atoms with E-state index in [0.29, 0.717) is 23.6 Å². The zero-order valence-corrected chi connectivity index (χ0v) is 23.5. The Morgan fingerprint density at radius 2 is 1.85 bits per heavy atom. The molecule has 1 saturated heterocycles. The van der Waals surface area contributed by atoms with Crippen molar-refractivity contribution in [3.05, 3.63) is 48.0 Å². The Hall–Kier alpha value is -3.84. The van der Waals surface area contributed by atoms with Gasteiger partial charge in [0.1, 0.15) is 5.75 Å². The average Bonchev–Trinajstić information content (AvgIpc) is 3.28. The van der Waals surface area contributed by atoms with Gasteiger partial charge in [0.25, 0.3) is 0 Å². The van der Waals surface area contributed by atoms with Crippen molar-refractivity contribution in [1.29, 1.82) is 0 Å². The summed E-state index contributed by atoms with van der Waals surface area (Å²) in [5.41, 5.74) is 7.96. The Morgan fingerprint density at radius 1 is 1.13 bits per heavy atom. The zero-order valence-electron chi connectivity index (χ0n) is 22.7. The number of benzene rings is 2. The molecule has 1 aliphatic rings. The molecule has 12 nitrogen and oxygen atoms in total. The summed E-state index contributed by atoms with van der Waals surface area (Å²) in [4.78, 5) is 22.0. The molecule has 2 heterocycles. The van der Waals surface area contributed by atoms with Crippen LogP contribution in [0.3, 0.4) is 0 Å². The molecule has 0 spiro atoms. The number of hydrogen-bond acceptors (Lipinski definition) is 10. The monoisotopic (exact) mass is 556 g/mol. The summed E-state index contributed by atoms with van der Waals surface area (Å²) in [7, 11) is -1.42. The molecule has 2 aromatic carbocycles. The van der Waals surface area contributed by atoms with Gasteiger partial charge in [-0.2, -0.15) is 4.98 Å². The van der Waals surface area contributed by atoms with Crippen molar-refractivity contribution in [2.75, 3.05) is 55.8 Å². The lowest BCUT2D eigenvalue weighted by atomic mass is 10.2. The summed E-state index contributed by atoms with van der Waals surface area (Å²) in [6.07, 6.45) is 0. The second kappa shape index (κ2) is 11.9. The molecule has 0 aliphatic carbocycles. The number of sulfone groups is 1. The maximum atomic E-state index is 13.1. The number of nitrogens with two attached hydrogens (primary N) is 1. The first-order valence-corrected chi connectivity index (χ1v) is 14.4. The van der Waals surface area contributed by atoms with E-state index in [4.69, 9.17) is 10.5 Å². The number of nitrogens with one attached hydrogen (secondary N) is 2. The van der Waals surface area contributed by atoms with Gasteiger partial charge >= 0.3 is 6.03 Å². The number of ether oxygens (including phenoxy) is 1. The number of nitrogen functional groups attached to an aromatic ring is 1. The van der Waals surface area contributed by atoms with Gasteiger partial charge in [0.2, 0.25) is 11.9 Å². The zero-order chi connectivity index (χ0) is 28.2. The highest BCUT2D eigenvalue weighted by Gasteiger charge is 2.23. The van der Waals surface area contributed by atoms with Gasteiger partial charge < -0.3 is 30.9 Å². The van der Waals surface area contributed by atoms with Crippen LogP contribution in [0, 0.1) is 0 Å². The molecular formula is C26H36N8O4S. The van der Waals surface area contributed by atoms with Crippen LogP contribution in [0.15, 0.2) is 47.4 Å². The Bertz CT molecular complexity index is 1420. The van der Waals surface area contributed by atoms with E-state index in [1.54, 1.807) is 38.1 Å². The fourth-order valence-electron chi connectivity index (χ4n) is 4.25. The molecule has 210 valence electrons. The van der Waals surface area contributed by atoms with Crippen molar-refractivity contribution in [3.63, 3.8) is 0 Å². The van der Waals surface area contributed by atoms with Gasteiger partial charge in [-0.05, 0) is 51.6 Å². The number of anilines is 4. The normalized spacial score (nSPS) is 14.4. The highest BCUT2D eigenvalue weighted by molar-refractivity contribution is 7.92. The standard InChI is InChI=1S/C26H36N8O4S/c1-5-38-22-16-20(33-14-12-32(4)13-15-33)10-11-21(22)29-25-30-24(27)31-34(25)26(35)28-17-19-8-6-7-9-23(19)39(36,37)18(2)3/h6-11,16,18H,5,12-15,17H2,1-4H3,(H,28,35)(H3,27,29,30,31). The van der Waals surface area contributed by atoms with Crippen LogP contribution in [-0.4, -0.2) is 79.2 Å². The molecule has 4 rings (SSSR count). The molecule has 13 heteroatoms. The lowest BCUT2D eigenvalue weighted by Crippen LogP contribution is -2.44. The number of piperazine rings is 1. The van der Waals surface area contributed by atoms with Crippen LogP contribution in [0.2, 0.25) is 0 Å². The van der Waals surface area contributed by atoms with Gasteiger partial charge in [-0.3, -0.25) is 0 Å². The highest BCUT2D eigenvalue weighted by Crippen LogP contribution is 2.32. The minimum Gasteiger partial charge on any atom is -0.492 e. The van der Waals surface area contributed by atoms with E-state index in [0.717, 1.165) is 36.5 Å². The molecule has 1 aromatic heterocycles. The molecule has 0 radical (unpaired) electrons. The van der Waals surface area contributed by atoms with E-state index >= 15 is 0 Å². The molecule has 0 atom stereocenters. The topological polar surface area (TPSA) is 148 Å². The van der Waals surface area contributed by atoms with Crippen LogP contribution in [0.1, 0.15) is 26.3 Å². The molecule has 1 amide bonds. The number of carbonyl (C=O) groups is 1. The number of aromatic nitrogens is 3. The Morgan fingerprint density at radius 3 is 2.54 bits per heavy atom. The molecule has 0 unspecified atom stereocenters. The number of likely N-dealkylation sites (N-methyl/N-ethyl adjacent to an activating group) is 1. The van der Waals surface area contributed by atoms with Crippen molar-refractivity contribution in [3.8, 4) is 5.75 Å². The first-order chi connectivity index (χ1) is 18.6. The molecule has 0 saturated carbocycles. The van der Waals surface area contributed by atoms with E-state index in [1.165, 1.54) is 0 Å². The van der Waals surface area contributed by atoms with E-state index < -0.39 is 21.1 Å². The predicted molar refractivity (Wildman–Crippen MR) is 151 cm³/mol. The molecule has 4 N–H and O–H groups in total. The lowest BCUT2D eigenvalue weighted by Gasteiger charge is -2.34. The molecule has 3 aromatic rings. The van der Waals surface area contributed by atoms with Crippen molar-refractivity contribution < 1.29 is 17.9 Å². The maximum Gasteiger partial charge on any atom is 0.345 e. The smallest absolute Gasteiger partial charge is 0.345 e. The third-order valence-corrected chi connectivity index (χ3v) is 8.78. The van der Waals surface area contributed by atoms with Crippen molar-refractivity contribution in [2.24, 2.45) is 0 Å². The summed E-state index contributed by atoms with van der Waals surface area (Å²) >= 11 is 0. The van der Waals surface area contributed by atoms with Crippen LogP contribution >= 0.6 is 0 Å². The molecule has 1 fully saturated rings. The van der Waals surface area contributed by atoms with Crippen molar-refractivity contribution in [2.45, 2.75) is 37.5 Å². The van der Waals surface area contributed by atoms with E-state index in [1.807, 2.05) is 25.1 Å². The van der Waals surface area contributed by atoms with E-state index in [-0.39, 0.29) is 23.3 Å². The summed E-state index contributed by atoms with van der Waals surface area (Å²) in [5.74, 6) is 0.610. The van der Waals surface area contributed by atoms with Gasteiger partial charge in [0, 0.05) is 44.5 Å². The van der Waals surface area contributed by atoms with Crippen LogP contribution in [-0.2, 0) is 16.4 Å². The number of hydrogen-bond donors (Lipinski definition) is 3. The van der Waals surface area contributed by atoms with Crippen LogP contribution in [0.25, 0.3) is 0 Å². The second-order valence-corrected chi connectivity index (χ2v) is 12.1. The van der Waals surface area contributed by atoms with Crippen LogP contribution < -0.4 is 26.0 Å². The third kappa shape index (κ3) is 6.42. The van der Waals surface area contributed by atoms with Gasteiger partial charge in [0.15, 0.2) is 9.84 Å². The van der Waals surface area contributed by atoms with Gasteiger partial charge in [-0.1, -0.05) is 18.2 Å². The Labute approximate surface area is 229 Å². The largest absolute Gasteiger partial charge is 0.492 e. The van der Waals surface area contributed by atoms with E-state index in [2.05, 4.69) is 37.6 Å². The molecule has 1 aliphatic heterocycles.